The number of benzene rings is 3. The molecule has 1 aliphatic carbocycles. The van der Waals surface area contributed by atoms with Gasteiger partial charge in [0.25, 0.3) is 5.91 Å². The first-order valence-corrected chi connectivity index (χ1v) is 17.1. The molecule has 1 saturated heterocycles. The van der Waals surface area contributed by atoms with E-state index in [0.29, 0.717) is 53.7 Å². The first kappa shape index (κ1) is 31.3. The van der Waals surface area contributed by atoms with Crippen LogP contribution in [-0.2, 0) is 24.2 Å². The second-order valence-electron chi connectivity index (χ2n) is 13.0. The molecule has 1 unspecified atom stereocenters. The van der Waals surface area contributed by atoms with Crippen LogP contribution in [0.3, 0.4) is 0 Å². The Kier molecular flexibility index (Phi) is 9.16. The molecule has 2 aliphatic heterocycles. The Hall–Kier alpha value is -4.36. The summed E-state index contributed by atoms with van der Waals surface area (Å²) in [5.41, 5.74) is 6.02. The number of hydrogen-bond donors (Lipinski definition) is 1. The van der Waals surface area contributed by atoms with Gasteiger partial charge in [0, 0.05) is 43.1 Å². The predicted octanol–water partition coefficient (Wildman–Crippen LogP) is 7.52. The van der Waals surface area contributed by atoms with E-state index in [2.05, 4.69) is 35.7 Å². The van der Waals surface area contributed by atoms with Gasteiger partial charge in [-0.15, -0.1) is 0 Å². The molecule has 3 heterocycles. The van der Waals surface area contributed by atoms with Crippen LogP contribution < -0.4 is 15.5 Å². The van der Waals surface area contributed by atoms with E-state index in [1.807, 2.05) is 29.2 Å². The average molecular weight is 651 g/mol. The quantitative estimate of drug-likeness (QED) is 0.199. The van der Waals surface area contributed by atoms with Crippen LogP contribution in [-0.4, -0.2) is 35.9 Å². The minimum atomic E-state index is -0.434. The maximum Gasteiger partial charge on any atom is 0.287 e. The summed E-state index contributed by atoms with van der Waals surface area (Å²) < 4.78 is 11.6. The van der Waals surface area contributed by atoms with Crippen molar-refractivity contribution in [2.75, 3.05) is 13.2 Å². The van der Waals surface area contributed by atoms with Crippen LogP contribution >= 0.6 is 11.6 Å². The molecule has 2 amide bonds. The Morgan fingerprint density at radius 3 is 2.60 bits per heavy atom. The summed E-state index contributed by atoms with van der Waals surface area (Å²) in [5.74, 6) is 0.921. The van der Waals surface area contributed by atoms with Gasteiger partial charge in [-0.05, 0) is 91.3 Å². The highest BCUT2D eigenvalue weighted by molar-refractivity contribution is 6.30. The molecule has 1 N–H and O–H groups in total. The van der Waals surface area contributed by atoms with Crippen molar-refractivity contribution in [3.8, 4) is 5.75 Å². The number of nitrogens with one attached hydrogen (secondary N) is 1. The van der Waals surface area contributed by atoms with E-state index in [1.165, 1.54) is 22.8 Å². The molecular weight excluding hydrogens is 612 g/mol. The van der Waals surface area contributed by atoms with Gasteiger partial charge in [0.2, 0.25) is 5.91 Å². The van der Waals surface area contributed by atoms with Gasteiger partial charge >= 0.3 is 0 Å². The smallest absolute Gasteiger partial charge is 0.287 e. The first-order chi connectivity index (χ1) is 22.9. The van der Waals surface area contributed by atoms with Gasteiger partial charge in [-0.25, -0.2) is 0 Å². The van der Waals surface area contributed by atoms with Crippen molar-refractivity contribution in [1.29, 1.82) is 0 Å². The summed E-state index contributed by atoms with van der Waals surface area (Å²) in [6.45, 7) is 2.09. The van der Waals surface area contributed by atoms with Crippen LogP contribution in [0.2, 0.25) is 5.02 Å². The third kappa shape index (κ3) is 7.15. The Labute approximate surface area is 279 Å². The molecule has 3 aliphatic rings. The summed E-state index contributed by atoms with van der Waals surface area (Å²) in [6, 6.07) is 20.7. The van der Waals surface area contributed by atoms with Crippen LogP contribution in [0.15, 0.2) is 87.6 Å². The Morgan fingerprint density at radius 1 is 0.979 bits per heavy atom. The number of carbonyl (C=O) groups is 2. The summed E-state index contributed by atoms with van der Waals surface area (Å²) in [5, 5.41) is 4.25. The number of ether oxygens (including phenoxy) is 1. The van der Waals surface area contributed by atoms with E-state index in [-0.39, 0.29) is 23.1 Å². The van der Waals surface area contributed by atoms with Gasteiger partial charge in [-0.1, -0.05) is 59.6 Å². The van der Waals surface area contributed by atoms with Crippen LogP contribution in [0.4, 0.5) is 0 Å². The zero-order chi connectivity index (χ0) is 32.3. The van der Waals surface area contributed by atoms with Gasteiger partial charge in [0.05, 0.1) is 18.0 Å². The zero-order valence-corrected chi connectivity index (χ0v) is 27.2. The van der Waals surface area contributed by atoms with E-state index in [4.69, 9.17) is 20.8 Å². The van der Waals surface area contributed by atoms with E-state index < -0.39 is 5.91 Å². The lowest BCUT2D eigenvalue weighted by Crippen LogP contribution is -2.36. The molecular formula is C39H39ClN2O5. The number of fused-ring (bicyclic) bond motifs is 2. The number of nitrogens with zero attached hydrogens (tertiary/aromatic N) is 1. The SMILES string of the molecule is O=C(NC(C=C1CCC(c2ccccc2CN2CCCCC2=O)CC1)Cc1ccc(Cl)cc1)c1cc(=O)c2cc3c(cc2o1)OCC3. The number of hydrogen-bond acceptors (Lipinski definition) is 5. The normalized spacial score (nSPS) is 18.5. The molecule has 1 atom stereocenters. The maximum atomic E-state index is 13.6. The van der Waals surface area contributed by atoms with E-state index in [1.54, 1.807) is 12.1 Å². The molecule has 3 aromatic carbocycles. The number of rotatable bonds is 8. The van der Waals surface area contributed by atoms with Gasteiger partial charge in [0.15, 0.2) is 11.2 Å². The van der Waals surface area contributed by atoms with Gasteiger partial charge in [-0.2, -0.15) is 0 Å². The molecule has 47 heavy (non-hydrogen) atoms. The molecule has 242 valence electrons. The number of amides is 2. The number of carbonyl (C=O) groups excluding carboxylic acids is 2. The first-order valence-electron chi connectivity index (χ1n) is 16.7. The molecule has 7 nitrogen and oxygen atoms in total. The summed E-state index contributed by atoms with van der Waals surface area (Å²) in [4.78, 5) is 41.1. The number of likely N-dealkylation sites (tertiary alicyclic amines) is 1. The number of halogens is 1. The van der Waals surface area contributed by atoms with Crippen molar-refractivity contribution in [3.05, 3.63) is 122 Å². The highest BCUT2D eigenvalue weighted by atomic mass is 35.5. The zero-order valence-electron chi connectivity index (χ0n) is 26.4. The fraction of sp³-hybridized carbons (Fsp3) is 0.359. The highest BCUT2D eigenvalue weighted by Gasteiger charge is 2.25. The number of allylic oxidation sites excluding steroid dienone is 1. The number of piperidine rings is 1. The van der Waals surface area contributed by atoms with Crippen LogP contribution in [0, 0.1) is 0 Å². The second-order valence-corrected chi connectivity index (χ2v) is 13.4. The maximum absolute atomic E-state index is 13.6. The molecule has 8 heteroatoms. The summed E-state index contributed by atoms with van der Waals surface area (Å²) in [6.07, 6.45) is 10.1. The third-order valence-electron chi connectivity index (χ3n) is 9.79. The highest BCUT2D eigenvalue weighted by Crippen LogP contribution is 2.38. The molecule has 0 radical (unpaired) electrons. The van der Waals surface area contributed by atoms with Crippen LogP contribution in [0.5, 0.6) is 5.75 Å². The Balaban J connectivity index is 1.08. The van der Waals surface area contributed by atoms with E-state index in [0.717, 1.165) is 62.6 Å². The largest absolute Gasteiger partial charge is 0.493 e. The fourth-order valence-corrected chi connectivity index (χ4v) is 7.39. The molecule has 0 spiro atoms. The fourth-order valence-electron chi connectivity index (χ4n) is 7.27. The molecule has 1 aromatic heterocycles. The van der Waals surface area contributed by atoms with Crippen molar-refractivity contribution in [1.82, 2.24) is 10.2 Å². The molecule has 2 fully saturated rings. The van der Waals surface area contributed by atoms with Crippen molar-refractivity contribution in [2.24, 2.45) is 0 Å². The Morgan fingerprint density at radius 2 is 1.79 bits per heavy atom. The summed E-state index contributed by atoms with van der Waals surface area (Å²) >= 11 is 6.15. The minimum absolute atomic E-state index is 0.0209. The lowest BCUT2D eigenvalue weighted by Gasteiger charge is -2.31. The van der Waals surface area contributed by atoms with Crippen molar-refractivity contribution in [3.63, 3.8) is 0 Å². The van der Waals surface area contributed by atoms with Crippen molar-refractivity contribution >= 4 is 34.4 Å². The summed E-state index contributed by atoms with van der Waals surface area (Å²) in [7, 11) is 0. The van der Waals surface area contributed by atoms with Crippen LogP contribution in [0.25, 0.3) is 11.0 Å². The van der Waals surface area contributed by atoms with Crippen molar-refractivity contribution in [2.45, 2.75) is 76.3 Å². The Bertz CT molecular complexity index is 1890. The standard InChI is InChI=1S/C39H39ClN2O5/c40-30-14-10-26(11-15-30)20-31(41-39(45)37-22-34(43)33-21-28-16-18-46-35(28)23-36(33)47-37)19-25-8-12-27(13-9-25)32-6-2-1-5-29(32)24-42-17-4-3-7-38(42)44/h1-2,5-6,10-11,14-15,19,21-23,27,31H,3-4,7-9,12-13,16-18,20,24H2,(H,41,45). The predicted molar refractivity (Wildman–Crippen MR) is 183 cm³/mol. The van der Waals surface area contributed by atoms with E-state index >= 15 is 0 Å². The average Bonchev–Trinajstić information content (AvgIpc) is 3.54. The molecule has 7 rings (SSSR count). The lowest BCUT2D eigenvalue weighted by atomic mass is 9.79. The van der Waals surface area contributed by atoms with Crippen molar-refractivity contribution < 1.29 is 18.7 Å². The third-order valence-corrected chi connectivity index (χ3v) is 10.0. The van der Waals surface area contributed by atoms with Crippen LogP contribution in [0.1, 0.15) is 83.7 Å². The second kappa shape index (κ2) is 13.8. The molecule has 4 aromatic rings. The lowest BCUT2D eigenvalue weighted by molar-refractivity contribution is -0.133. The van der Waals surface area contributed by atoms with Gasteiger partial charge < -0.3 is 19.4 Å². The molecule has 1 saturated carbocycles. The molecule has 0 bridgehead atoms. The topological polar surface area (TPSA) is 88.9 Å². The minimum Gasteiger partial charge on any atom is -0.493 e. The van der Waals surface area contributed by atoms with E-state index in [9.17, 15) is 14.4 Å². The monoisotopic (exact) mass is 650 g/mol. The van der Waals surface area contributed by atoms with Gasteiger partial charge in [0.1, 0.15) is 11.3 Å². The van der Waals surface area contributed by atoms with Gasteiger partial charge in [-0.3, -0.25) is 14.4 Å².